The third-order valence-corrected chi connectivity index (χ3v) is 5.06. The molecule has 1 fully saturated rings. The predicted molar refractivity (Wildman–Crippen MR) is 103 cm³/mol. The molecule has 3 rings (SSSR count). The van der Waals surface area contributed by atoms with Gasteiger partial charge in [0.05, 0.1) is 11.2 Å². The summed E-state index contributed by atoms with van der Waals surface area (Å²) in [6.07, 6.45) is 3.99. The summed E-state index contributed by atoms with van der Waals surface area (Å²) >= 11 is 9.73. The second-order valence-corrected chi connectivity index (χ2v) is 7.70. The van der Waals surface area contributed by atoms with Gasteiger partial charge in [-0.05, 0) is 42.8 Å². The Bertz CT molecular complexity index is 802. The van der Waals surface area contributed by atoms with Crippen LogP contribution in [0.3, 0.4) is 0 Å². The van der Waals surface area contributed by atoms with Gasteiger partial charge in [-0.25, -0.2) is 0 Å². The van der Waals surface area contributed by atoms with Crippen molar-refractivity contribution in [2.24, 2.45) is 0 Å². The van der Waals surface area contributed by atoms with E-state index in [1.165, 1.54) is 11.8 Å². The van der Waals surface area contributed by atoms with Crippen LogP contribution < -0.4 is 10.1 Å². The minimum absolute atomic E-state index is 0.186. The predicted octanol–water partition coefficient (Wildman–Crippen LogP) is 5.06. The van der Waals surface area contributed by atoms with E-state index in [0.29, 0.717) is 15.0 Å². The first-order chi connectivity index (χ1) is 11.6. The van der Waals surface area contributed by atoms with Crippen LogP contribution in [0.4, 0.5) is 0 Å². The molecule has 1 unspecified atom stereocenters. The minimum atomic E-state index is -0.190. The zero-order valence-corrected chi connectivity index (χ0v) is 16.0. The van der Waals surface area contributed by atoms with Crippen molar-refractivity contribution in [3.63, 3.8) is 0 Å². The Kier molecular flexibility index (Phi) is 5.43. The van der Waals surface area contributed by atoms with Crippen molar-refractivity contribution in [3.05, 3.63) is 57.3 Å². The average molecular weight is 424 g/mol. The molecule has 7 heteroatoms. The van der Waals surface area contributed by atoms with Crippen molar-refractivity contribution < 1.29 is 13.9 Å². The van der Waals surface area contributed by atoms with Gasteiger partial charge in [0.25, 0.3) is 5.91 Å². The van der Waals surface area contributed by atoms with Crippen LogP contribution in [-0.2, 0) is 4.79 Å². The summed E-state index contributed by atoms with van der Waals surface area (Å²) in [5.41, 5.74) is 0.803. The van der Waals surface area contributed by atoms with Gasteiger partial charge in [0.2, 0.25) is 0 Å². The van der Waals surface area contributed by atoms with Crippen molar-refractivity contribution in [2.75, 3.05) is 0 Å². The Morgan fingerprint density at radius 3 is 2.92 bits per heavy atom. The number of amides is 1. The molecule has 0 saturated carbocycles. The molecule has 2 heterocycles. The summed E-state index contributed by atoms with van der Waals surface area (Å²) in [7, 11) is 0. The first kappa shape index (κ1) is 17.3. The lowest BCUT2D eigenvalue weighted by Gasteiger charge is -2.17. The molecule has 2 aromatic rings. The summed E-state index contributed by atoms with van der Waals surface area (Å²) in [4.78, 5) is 12.4. The van der Waals surface area contributed by atoms with Gasteiger partial charge in [-0.1, -0.05) is 46.8 Å². The molecule has 1 atom stereocenters. The van der Waals surface area contributed by atoms with Gasteiger partial charge in [-0.2, -0.15) is 0 Å². The Labute approximate surface area is 157 Å². The van der Waals surface area contributed by atoms with E-state index in [0.717, 1.165) is 22.2 Å². The van der Waals surface area contributed by atoms with E-state index in [2.05, 4.69) is 21.2 Å². The number of carbonyl (C=O) groups excluding carboxylic acids is 1. The van der Waals surface area contributed by atoms with Gasteiger partial charge >= 0.3 is 0 Å². The molecule has 1 amide bonds. The van der Waals surface area contributed by atoms with Crippen LogP contribution in [0.15, 0.2) is 50.4 Å². The molecular formula is C17H14BrNO3S2. The molecule has 0 spiro atoms. The highest BCUT2D eigenvalue weighted by atomic mass is 79.9. The second-order valence-electron chi connectivity index (χ2n) is 5.06. The highest BCUT2D eigenvalue weighted by Crippen LogP contribution is 2.34. The smallest absolute Gasteiger partial charge is 0.263 e. The number of furan rings is 1. The number of ether oxygens (including phenoxy) is 1. The summed E-state index contributed by atoms with van der Waals surface area (Å²) in [5.74, 6) is 1.27. The minimum Gasteiger partial charge on any atom is -0.482 e. The fourth-order valence-electron chi connectivity index (χ4n) is 2.27. The lowest BCUT2D eigenvalue weighted by Crippen LogP contribution is -2.17. The van der Waals surface area contributed by atoms with Gasteiger partial charge in [0.15, 0.2) is 6.10 Å². The number of nitrogens with one attached hydrogen (secondary N) is 1. The fourth-order valence-corrected chi connectivity index (χ4v) is 3.69. The molecule has 0 aliphatic carbocycles. The van der Waals surface area contributed by atoms with Gasteiger partial charge in [-0.3, -0.25) is 4.79 Å². The molecule has 24 heavy (non-hydrogen) atoms. The van der Waals surface area contributed by atoms with Crippen LogP contribution in [0.5, 0.6) is 5.75 Å². The second kappa shape index (κ2) is 7.55. The van der Waals surface area contributed by atoms with Gasteiger partial charge in [0, 0.05) is 10.0 Å². The zero-order chi connectivity index (χ0) is 17.1. The van der Waals surface area contributed by atoms with Crippen LogP contribution >= 0.6 is 39.9 Å². The molecule has 1 aliphatic heterocycles. The molecule has 1 aromatic heterocycles. The number of rotatable bonds is 5. The van der Waals surface area contributed by atoms with E-state index in [-0.39, 0.29) is 12.0 Å². The fraction of sp³-hybridized carbons (Fsp3) is 0.176. The van der Waals surface area contributed by atoms with E-state index in [1.54, 1.807) is 12.3 Å². The van der Waals surface area contributed by atoms with Crippen molar-refractivity contribution in [1.82, 2.24) is 5.32 Å². The SMILES string of the molecule is CCC(Oc1ccc(Br)cc1C=C1SC(=S)NC1=O)c1ccco1. The molecule has 0 bridgehead atoms. The number of hydrogen-bond donors (Lipinski definition) is 1. The first-order valence-electron chi connectivity index (χ1n) is 7.31. The maximum atomic E-state index is 11.9. The maximum Gasteiger partial charge on any atom is 0.263 e. The standard InChI is InChI=1S/C17H14BrNO3S2/c1-2-12(14-4-3-7-21-14)22-13-6-5-11(18)8-10(13)9-15-16(20)19-17(23)24-15/h3-9,12H,2H2,1H3,(H,19,20,23). The Balaban J connectivity index is 1.92. The number of carbonyl (C=O) groups is 1. The average Bonchev–Trinajstić information content (AvgIpc) is 3.17. The van der Waals surface area contributed by atoms with E-state index in [4.69, 9.17) is 21.4 Å². The quantitative estimate of drug-likeness (QED) is 0.537. The lowest BCUT2D eigenvalue weighted by molar-refractivity contribution is -0.115. The van der Waals surface area contributed by atoms with Gasteiger partial charge < -0.3 is 14.5 Å². The Morgan fingerprint density at radius 2 is 2.29 bits per heavy atom. The Hall–Kier alpha value is -1.57. The maximum absolute atomic E-state index is 11.9. The highest BCUT2D eigenvalue weighted by Gasteiger charge is 2.23. The number of thiocarbonyl (C=S) groups is 1. The molecular weight excluding hydrogens is 410 g/mol. The van der Waals surface area contributed by atoms with E-state index >= 15 is 0 Å². The van der Waals surface area contributed by atoms with Crippen LogP contribution in [0.2, 0.25) is 0 Å². The normalized spacial score (nSPS) is 17.2. The molecule has 1 aromatic carbocycles. The van der Waals surface area contributed by atoms with Crippen molar-refractivity contribution >= 4 is 56.2 Å². The van der Waals surface area contributed by atoms with Crippen LogP contribution in [0.1, 0.15) is 30.8 Å². The third-order valence-electron chi connectivity index (χ3n) is 3.40. The Morgan fingerprint density at radius 1 is 1.46 bits per heavy atom. The zero-order valence-electron chi connectivity index (χ0n) is 12.7. The summed E-state index contributed by atoms with van der Waals surface area (Å²) in [5, 5.41) is 2.62. The van der Waals surface area contributed by atoms with E-state index in [1.807, 2.05) is 37.3 Å². The summed E-state index contributed by atoms with van der Waals surface area (Å²) < 4.78 is 13.0. The van der Waals surface area contributed by atoms with Gasteiger partial charge in [0.1, 0.15) is 15.8 Å². The van der Waals surface area contributed by atoms with E-state index < -0.39 is 0 Å². The molecule has 0 radical (unpaired) electrons. The lowest BCUT2D eigenvalue weighted by atomic mass is 10.1. The molecule has 1 saturated heterocycles. The van der Waals surface area contributed by atoms with Crippen LogP contribution in [-0.4, -0.2) is 10.2 Å². The summed E-state index contributed by atoms with van der Waals surface area (Å²) in [6.45, 7) is 2.03. The number of hydrogen-bond acceptors (Lipinski definition) is 5. The molecule has 4 nitrogen and oxygen atoms in total. The monoisotopic (exact) mass is 423 g/mol. The third kappa shape index (κ3) is 3.91. The highest BCUT2D eigenvalue weighted by molar-refractivity contribution is 9.10. The van der Waals surface area contributed by atoms with Crippen molar-refractivity contribution in [2.45, 2.75) is 19.4 Å². The molecule has 1 N–H and O–H groups in total. The molecule has 124 valence electrons. The van der Waals surface area contributed by atoms with Gasteiger partial charge in [-0.15, -0.1) is 0 Å². The topological polar surface area (TPSA) is 51.5 Å². The number of halogens is 1. The van der Waals surface area contributed by atoms with Crippen molar-refractivity contribution in [1.29, 1.82) is 0 Å². The van der Waals surface area contributed by atoms with Crippen LogP contribution in [0, 0.1) is 0 Å². The molecule has 1 aliphatic rings. The van der Waals surface area contributed by atoms with E-state index in [9.17, 15) is 4.79 Å². The van der Waals surface area contributed by atoms with Crippen molar-refractivity contribution in [3.8, 4) is 5.75 Å². The number of thioether (sulfide) groups is 1. The van der Waals surface area contributed by atoms with Crippen LogP contribution in [0.25, 0.3) is 6.08 Å². The number of benzene rings is 1. The first-order valence-corrected chi connectivity index (χ1v) is 9.33. The summed E-state index contributed by atoms with van der Waals surface area (Å²) in [6, 6.07) is 9.42. The largest absolute Gasteiger partial charge is 0.482 e.